The Kier molecular flexibility index (Phi) is 12.9. The predicted octanol–water partition coefficient (Wildman–Crippen LogP) is 1.06. The third kappa shape index (κ3) is 19.4. The lowest BCUT2D eigenvalue weighted by atomic mass is 10.1. The van der Waals surface area contributed by atoms with Crippen LogP contribution in [0.5, 0.6) is 0 Å². The maximum absolute atomic E-state index is 8.87. The molecule has 0 amide bonds. The standard InChI is InChI=1S/2C6H14O2/c1-5(7)3-4-6(2)8;1-3-6(8)4-5(2)7/h2*5-8H,3-4H2,1-2H3. The van der Waals surface area contributed by atoms with Gasteiger partial charge in [0.2, 0.25) is 0 Å². The van der Waals surface area contributed by atoms with Gasteiger partial charge in [-0.2, -0.15) is 0 Å². The van der Waals surface area contributed by atoms with Gasteiger partial charge in [0, 0.05) is 0 Å². The summed E-state index contributed by atoms with van der Waals surface area (Å²) < 4.78 is 0. The topological polar surface area (TPSA) is 80.9 Å². The third-order valence-electron chi connectivity index (χ3n) is 2.09. The van der Waals surface area contributed by atoms with E-state index in [1.807, 2.05) is 6.92 Å². The largest absolute Gasteiger partial charge is 0.393 e. The van der Waals surface area contributed by atoms with Crippen LogP contribution >= 0.6 is 0 Å². The molecule has 0 saturated carbocycles. The molecular weight excluding hydrogens is 208 g/mol. The van der Waals surface area contributed by atoms with Gasteiger partial charge in [0.05, 0.1) is 24.4 Å². The zero-order valence-corrected chi connectivity index (χ0v) is 10.9. The quantitative estimate of drug-likeness (QED) is 0.556. The van der Waals surface area contributed by atoms with E-state index in [-0.39, 0.29) is 24.4 Å². The minimum Gasteiger partial charge on any atom is -0.393 e. The Hall–Kier alpha value is -0.160. The van der Waals surface area contributed by atoms with Gasteiger partial charge in [-0.25, -0.2) is 0 Å². The van der Waals surface area contributed by atoms with E-state index in [4.69, 9.17) is 20.4 Å². The summed E-state index contributed by atoms with van der Waals surface area (Å²) in [5.74, 6) is 0. The van der Waals surface area contributed by atoms with Gasteiger partial charge in [-0.05, 0) is 46.5 Å². The fraction of sp³-hybridized carbons (Fsp3) is 1.00. The average Bonchev–Trinajstić information content (AvgIpc) is 2.14. The molecule has 4 unspecified atom stereocenters. The Morgan fingerprint density at radius 1 is 0.750 bits per heavy atom. The maximum Gasteiger partial charge on any atom is 0.0562 e. The molecule has 0 aromatic heterocycles. The molecule has 4 N–H and O–H groups in total. The maximum atomic E-state index is 8.87. The molecule has 0 aromatic carbocycles. The molecule has 100 valence electrons. The highest BCUT2D eigenvalue weighted by Crippen LogP contribution is 1.99. The lowest BCUT2D eigenvalue weighted by molar-refractivity contribution is 0.0883. The number of hydrogen-bond acceptors (Lipinski definition) is 4. The molecule has 0 heterocycles. The van der Waals surface area contributed by atoms with E-state index in [1.54, 1.807) is 20.8 Å². The van der Waals surface area contributed by atoms with Gasteiger partial charge < -0.3 is 20.4 Å². The second-order valence-electron chi connectivity index (χ2n) is 4.42. The van der Waals surface area contributed by atoms with Crippen molar-refractivity contribution in [2.24, 2.45) is 0 Å². The molecule has 0 fully saturated rings. The molecule has 4 heteroatoms. The first kappa shape index (κ1) is 18.2. The molecule has 0 aromatic rings. The SMILES string of the molecule is CC(O)CCC(C)O.CCC(O)CC(C)O. The van der Waals surface area contributed by atoms with Crippen molar-refractivity contribution >= 4 is 0 Å². The van der Waals surface area contributed by atoms with Crippen LogP contribution < -0.4 is 0 Å². The first-order chi connectivity index (χ1) is 7.29. The van der Waals surface area contributed by atoms with Crippen molar-refractivity contribution in [3.8, 4) is 0 Å². The zero-order chi connectivity index (χ0) is 13.1. The normalized spacial score (nSPS) is 18.0. The van der Waals surface area contributed by atoms with Gasteiger partial charge in [0.1, 0.15) is 0 Å². The number of rotatable bonds is 6. The van der Waals surface area contributed by atoms with E-state index in [9.17, 15) is 0 Å². The molecule has 0 aliphatic rings. The van der Waals surface area contributed by atoms with E-state index >= 15 is 0 Å². The molecule has 4 nitrogen and oxygen atoms in total. The lowest BCUT2D eigenvalue weighted by Crippen LogP contribution is -2.13. The van der Waals surface area contributed by atoms with E-state index < -0.39 is 0 Å². The Morgan fingerprint density at radius 2 is 1.12 bits per heavy atom. The minimum atomic E-state index is -0.370. The Morgan fingerprint density at radius 3 is 1.25 bits per heavy atom. The van der Waals surface area contributed by atoms with Crippen LogP contribution in [0, 0.1) is 0 Å². The summed E-state index contributed by atoms with van der Waals surface area (Å²) in [6, 6.07) is 0. The third-order valence-corrected chi connectivity index (χ3v) is 2.09. The van der Waals surface area contributed by atoms with Crippen LogP contribution in [-0.2, 0) is 0 Å². The number of aliphatic hydroxyl groups is 4. The van der Waals surface area contributed by atoms with Gasteiger partial charge in [-0.15, -0.1) is 0 Å². The average molecular weight is 236 g/mol. The van der Waals surface area contributed by atoms with Gasteiger partial charge in [0.15, 0.2) is 0 Å². The smallest absolute Gasteiger partial charge is 0.0562 e. The van der Waals surface area contributed by atoms with Crippen LogP contribution in [0.15, 0.2) is 0 Å². The van der Waals surface area contributed by atoms with Crippen molar-refractivity contribution in [3.63, 3.8) is 0 Å². The van der Waals surface area contributed by atoms with Crippen LogP contribution in [0.25, 0.3) is 0 Å². The first-order valence-corrected chi connectivity index (χ1v) is 6.01. The highest BCUT2D eigenvalue weighted by atomic mass is 16.3. The lowest BCUT2D eigenvalue weighted by Gasteiger charge is -2.08. The van der Waals surface area contributed by atoms with Gasteiger partial charge >= 0.3 is 0 Å². The monoisotopic (exact) mass is 236 g/mol. The van der Waals surface area contributed by atoms with Gasteiger partial charge in [-0.1, -0.05) is 6.92 Å². The van der Waals surface area contributed by atoms with Crippen LogP contribution in [0.4, 0.5) is 0 Å². The number of aliphatic hydroxyl groups excluding tert-OH is 4. The highest BCUT2D eigenvalue weighted by molar-refractivity contribution is 4.55. The number of hydrogen-bond donors (Lipinski definition) is 4. The molecule has 0 bridgehead atoms. The summed E-state index contributed by atoms with van der Waals surface area (Å²) in [5.41, 5.74) is 0. The van der Waals surface area contributed by atoms with Crippen molar-refractivity contribution in [2.75, 3.05) is 0 Å². The molecule has 16 heavy (non-hydrogen) atoms. The molecule has 0 radical (unpaired) electrons. The minimum absolute atomic E-state index is 0.274. The summed E-state index contributed by atoms with van der Waals surface area (Å²) in [7, 11) is 0. The first-order valence-electron chi connectivity index (χ1n) is 6.01. The van der Waals surface area contributed by atoms with Crippen molar-refractivity contribution in [1.29, 1.82) is 0 Å². The zero-order valence-electron chi connectivity index (χ0n) is 10.9. The Bertz CT molecular complexity index is 127. The fourth-order valence-electron chi connectivity index (χ4n) is 1.04. The van der Waals surface area contributed by atoms with Crippen molar-refractivity contribution < 1.29 is 20.4 Å². The molecular formula is C12H28O4. The molecule has 0 aliphatic heterocycles. The summed E-state index contributed by atoms with van der Waals surface area (Å²) in [6.45, 7) is 7.02. The van der Waals surface area contributed by atoms with Gasteiger partial charge in [0.25, 0.3) is 0 Å². The van der Waals surface area contributed by atoms with E-state index in [0.29, 0.717) is 19.3 Å². The van der Waals surface area contributed by atoms with Crippen molar-refractivity contribution in [2.45, 2.75) is 77.8 Å². The van der Waals surface area contributed by atoms with Crippen LogP contribution in [0.2, 0.25) is 0 Å². The van der Waals surface area contributed by atoms with Gasteiger partial charge in [-0.3, -0.25) is 0 Å². The van der Waals surface area contributed by atoms with Crippen LogP contribution in [0.1, 0.15) is 53.4 Å². The second kappa shape index (κ2) is 11.3. The Balaban J connectivity index is 0. The molecule has 0 rings (SSSR count). The molecule has 0 aliphatic carbocycles. The highest BCUT2D eigenvalue weighted by Gasteiger charge is 2.03. The van der Waals surface area contributed by atoms with Crippen LogP contribution in [0.3, 0.4) is 0 Å². The van der Waals surface area contributed by atoms with Crippen LogP contribution in [-0.4, -0.2) is 44.8 Å². The summed E-state index contributed by atoms with van der Waals surface area (Å²) >= 11 is 0. The summed E-state index contributed by atoms with van der Waals surface area (Å²) in [5, 5.41) is 34.9. The second-order valence-corrected chi connectivity index (χ2v) is 4.42. The van der Waals surface area contributed by atoms with E-state index in [1.165, 1.54) is 0 Å². The summed E-state index contributed by atoms with van der Waals surface area (Å²) in [4.78, 5) is 0. The Labute approximate surface area is 98.9 Å². The van der Waals surface area contributed by atoms with E-state index in [0.717, 1.165) is 6.42 Å². The molecule has 0 saturated heterocycles. The summed E-state index contributed by atoms with van der Waals surface area (Å²) in [6.07, 6.45) is 1.37. The van der Waals surface area contributed by atoms with E-state index in [2.05, 4.69) is 0 Å². The predicted molar refractivity (Wildman–Crippen MR) is 65.2 cm³/mol. The molecule has 4 atom stereocenters. The fourth-order valence-corrected chi connectivity index (χ4v) is 1.04. The molecule has 0 spiro atoms. The van der Waals surface area contributed by atoms with Crippen molar-refractivity contribution in [3.05, 3.63) is 0 Å². The van der Waals surface area contributed by atoms with Crippen molar-refractivity contribution in [1.82, 2.24) is 0 Å².